The third-order valence-corrected chi connectivity index (χ3v) is 5.22. The van der Waals surface area contributed by atoms with Gasteiger partial charge in [-0.15, -0.1) is 0 Å². The summed E-state index contributed by atoms with van der Waals surface area (Å²) in [6.45, 7) is 1.62. The maximum atomic E-state index is 14.3. The number of rotatable bonds is 3. The zero-order valence-corrected chi connectivity index (χ0v) is 12.9. The number of nitrogens with one attached hydrogen (secondary N) is 2. The fourth-order valence-corrected chi connectivity index (χ4v) is 3.54. The van der Waals surface area contributed by atoms with Gasteiger partial charge in [0.1, 0.15) is 5.84 Å². The van der Waals surface area contributed by atoms with Gasteiger partial charge in [-0.2, -0.15) is 0 Å². The van der Waals surface area contributed by atoms with Crippen LogP contribution in [0.15, 0.2) is 29.3 Å². The average Bonchev–Trinajstić information content (AvgIpc) is 3.37. The molecular formula is C17H21F2N3O. The Kier molecular flexibility index (Phi) is 3.43. The number of aliphatic imine (C=N–C) groups is 1. The van der Waals surface area contributed by atoms with E-state index in [4.69, 9.17) is 0 Å². The van der Waals surface area contributed by atoms with E-state index in [1.165, 1.54) is 12.1 Å². The van der Waals surface area contributed by atoms with Crippen LogP contribution in [0.5, 0.6) is 0 Å². The summed E-state index contributed by atoms with van der Waals surface area (Å²) < 4.78 is 28.6. The summed E-state index contributed by atoms with van der Waals surface area (Å²) in [6.07, 6.45) is 1.88. The van der Waals surface area contributed by atoms with Crippen LogP contribution in [0.3, 0.4) is 0 Å². The molecule has 0 radical (unpaired) electrons. The van der Waals surface area contributed by atoms with E-state index in [0.717, 1.165) is 25.9 Å². The number of aliphatic hydroxyl groups excluding tert-OH is 1. The maximum Gasteiger partial charge on any atom is 0.276 e. The highest BCUT2D eigenvalue weighted by Gasteiger charge is 2.48. The van der Waals surface area contributed by atoms with Crippen LogP contribution in [0, 0.1) is 5.92 Å². The van der Waals surface area contributed by atoms with Crippen molar-refractivity contribution in [2.24, 2.45) is 10.9 Å². The Morgan fingerprint density at radius 2 is 1.96 bits per heavy atom. The molecule has 1 aromatic rings. The van der Waals surface area contributed by atoms with Crippen molar-refractivity contribution < 1.29 is 13.9 Å². The van der Waals surface area contributed by atoms with Gasteiger partial charge in [-0.05, 0) is 44.8 Å². The second kappa shape index (κ2) is 5.24. The summed E-state index contributed by atoms with van der Waals surface area (Å²) in [4.78, 5) is 4.31. The smallest absolute Gasteiger partial charge is 0.276 e. The molecule has 4 rings (SSSR count). The first kappa shape index (κ1) is 15.0. The fourth-order valence-electron chi connectivity index (χ4n) is 3.54. The lowest BCUT2D eigenvalue weighted by atomic mass is 9.87. The molecule has 0 aromatic heterocycles. The van der Waals surface area contributed by atoms with Gasteiger partial charge in [0.25, 0.3) is 5.92 Å². The SMILES string of the molecule is OC1N=C(c2cccc(C(F)(F)C3CC3)c2)NC12CCNCC2. The van der Waals surface area contributed by atoms with E-state index in [0.29, 0.717) is 24.2 Å². The molecule has 1 spiro atoms. The normalized spacial score (nSPS) is 26.9. The van der Waals surface area contributed by atoms with Crippen molar-refractivity contribution in [3.05, 3.63) is 35.4 Å². The van der Waals surface area contributed by atoms with Gasteiger partial charge in [0.05, 0.1) is 5.54 Å². The molecule has 4 nitrogen and oxygen atoms in total. The molecule has 0 bridgehead atoms. The lowest BCUT2D eigenvalue weighted by Crippen LogP contribution is -2.56. The quantitative estimate of drug-likeness (QED) is 0.798. The van der Waals surface area contributed by atoms with Gasteiger partial charge >= 0.3 is 0 Å². The molecule has 1 atom stereocenters. The molecule has 3 aliphatic rings. The number of hydrogen-bond acceptors (Lipinski definition) is 4. The second-order valence-electron chi connectivity index (χ2n) is 6.86. The number of amidine groups is 1. The van der Waals surface area contributed by atoms with E-state index in [9.17, 15) is 13.9 Å². The number of alkyl halides is 2. The first-order chi connectivity index (χ1) is 11.0. The first-order valence-electron chi connectivity index (χ1n) is 8.25. The summed E-state index contributed by atoms with van der Waals surface area (Å²) in [5.74, 6) is -2.79. The molecule has 124 valence electrons. The third kappa shape index (κ3) is 2.54. The molecule has 3 N–H and O–H groups in total. The molecule has 1 saturated heterocycles. The lowest BCUT2D eigenvalue weighted by molar-refractivity contribution is -0.0285. The monoisotopic (exact) mass is 321 g/mol. The Bertz CT molecular complexity index is 636. The molecule has 1 aliphatic carbocycles. The molecule has 0 amide bonds. The summed E-state index contributed by atoms with van der Waals surface area (Å²) >= 11 is 0. The zero-order chi connectivity index (χ0) is 16.1. The largest absolute Gasteiger partial charge is 0.369 e. The zero-order valence-electron chi connectivity index (χ0n) is 12.9. The van der Waals surface area contributed by atoms with Crippen molar-refractivity contribution in [1.82, 2.24) is 10.6 Å². The minimum atomic E-state index is -2.78. The molecule has 1 aromatic carbocycles. The topological polar surface area (TPSA) is 56.7 Å². The number of halogens is 2. The molecule has 2 aliphatic heterocycles. The molecule has 6 heteroatoms. The van der Waals surface area contributed by atoms with E-state index >= 15 is 0 Å². The van der Waals surface area contributed by atoms with Crippen LogP contribution in [0.4, 0.5) is 8.78 Å². The minimum absolute atomic E-state index is 0.0442. The Hall–Kier alpha value is -1.53. The van der Waals surface area contributed by atoms with Crippen LogP contribution >= 0.6 is 0 Å². The lowest BCUT2D eigenvalue weighted by Gasteiger charge is -2.36. The number of piperidine rings is 1. The Labute approximate surface area is 134 Å². The highest BCUT2D eigenvalue weighted by molar-refractivity contribution is 6.00. The highest BCUT2D eigenvalue weighted by atomic mass is 19.3. The van der Waals surface area contributed by atoms with Crippen molar-refractivity contribution >= 4 is 5.84 Å². The molecule has 1 unspecified atom stereocenters. The predicted molar refractivity (Wildman–Crippen MR) is 83.6 cm³/mol. The number of benzene rings is 1. The second-order valence-corrected chi connectivity index (χ2v) is 6.86. The van der Waals surface area contributed by atoms with Gasteiger partial charge < -0.3 is 15.7 Å². The minimum Gasteiger partial charge on any atom is -0.369 e. The summed E-state index contributed by atoms with van der Waals surface area (Å²) in [5, 5.41) is 16.9. The Balaban J connectivity index is 1.60. The van der Waals surface area contributed by atoms with E-state index < -0.39 is 23.6 Å². The van der Waals surface area contributed by atoms with Gasteiger partial charge in [0.2, 0.25) is 0 Å². The van der Waals surface area contributed by atoms with Crippen molar-refractivity contribution in [1.29, 1.82) is 0 Å². The van der Waals surface area contributed by atoms with Crippen LogP contribution in [0.2, 0.25) is 0 Å². The van der Waals surface area contributed by atoms with Crippen molar-refractivity contribution in [2.45, 2.75) is 43.4 Å². The van der Waals surface area contributed by atoms with Gasteiger partial charge in [-0.1, -0.05) is 18.2 Å². The Morgan fingerprint density at radius 1 is 1.22 bits per heavy atom. The van der Waals surface area contributed by atoms with Crippen LogP contribution in [-0.2, 0) is 5.92 Å². The van der Waals surface area contributed by atoms with E-state index in [1.54, 1.807) is 12.1 Å². The molecule has 2 fully saturated rings. The standard InChI is InChI=1S/C17H21F2N3O/c18-17(19,12-4-5-12)13-3-1-2-11(10-13)14-21-15(23)16(22-14)6-8-20-9-7-16/h1-3,10,12,15,20,23H,4-9H2,(H,21,22). The number of aliphatic hydroxyl groups is 1. The predicted octanol–water partition coefficient (Wildman–Crippen LogP) is 1.98. The summed E-state index contributed by atoms with van der Waals surface area (Å²) in [6, 6.07) is 6.40. The van der Waals surface area contributed by atoms with E-state index in [-0.39, 0.29) is 5.56 Å². The van der Waals surface area contributed by atoms with Crippen LogP contribution in [0.25, 0.3) is 0 Å². The van der Waals surface area contributed by atoms with Gasteiger partial charge in [0.15, 0.2) is 6.23 Å². The highest BCUT2D eigenvalue weighted by Crippen LogP contribution is 2.49. The van der Waals surface area contributed by atoms with Gasteiger partial charge in [-0.3, -0.25) is 0 Å². The van der Waals surface area contributed by atoms with Crippen LogP contribution in [-0.4, -0.2) is 35.8 Å². The third-order valence-electron chi connectivity index (χ3n) is 5.22. The summed E-state index contributed by atoms with van der Waals surface area (Å²) in [5.41, 5.74) is 0.204. The van der Waals surface area contributed by atoms with Crippen molar-refractivity contribution in [2.75, 3.05) is 13.1 Å². The Morgan fingerprint density at radius 3 is 2.65 bits per heavy atom. The van der Waals surface area contributed by atoms with Crippen LogP contribution in [0.1, 0.15) is 36.8 Å². The summed E-state index contributed by atoms with van der Waals surface area (Å²) in [7, 11) is 0. The van der Waals surface area contributed by atoms with Crippen molar-refractivity contribution in [3.8, 4) is 0 Å². The fraction of sp³-hybridized carbons (Fsp3) is 0.588. The molecule has 2 heterocycles. The number of hydrogen-bond donors (Lipinski definition) is 3. The average molecular weight is 321 g/mol. The molecule has 23 heavy (non-hydrogen) atoms. The maximum absolute atomic E-state index is 14.3. The number of nitrogens with zero attached hydrogens (tertiary/aromatic N) is 1. The van der Waals surface area contributed by atoms with E-state index in [1.807, 2.05) is 0 Å². The van der Waals surface area contributed by atoms with E-state index in [2.05, 4.69) is 15.6 Å². The van der Waals surface area contributed by atoms with Gasteiger partial charge in [-0.25, -0.2) is 13.8 Å². The van der Waals surface area contributed by atoms with Gasteiger partial charge in [0, 0.05) is 17.0 Å². The molecule has 1 saturated carbocycles. The molecular weight excluding hydrogens is 300 g/mol. The first-order valence-corrected chi connectivity index (χ1v) is 8.25. The van der Waals surface area contributed by atoms with Crippen LogP contribution < -0.4 is 10.6 Å². The van der Waals surface area contributed by atoms with Crippen molar-refractivity contribution in [3.63, 3.8) is 0 Å².